The molecule has 0 saturated carbocycles. The number of anilines is 1. The van der Waals surface area contributed by atoms with E-state index in [0.29, 0.717) is 6.54 Å². The van der Waals surface area contributed by atoms with E-state index in [4.69, 9.17) is 4.74 Å². The number of rotatable bonds is 4. The second kappa shape index (κ2) is 10.3. The van der Waals surface area contributed by atoms with Gasteiger partial charge in [0, 0.05) is 39.4 Å². The summed E-state index contributed by atoms with van der Waals surface area (Å²) < 4.78 is 5.49. The molecule has 146 valence electrons. The Morgan fingerprint density at radius 2 is 1.89 bits per heavy atom. The summed E-state index contributed by atoms with van der Waals surface area (Å²) >= 11 is 0. The highest BCUT2D eigenvalue weighted by molar-refractivity contribution is 14.0. The molecule has 27 heavy (non-hydrogen) atoms. The molecule has 1 N–H and O–H groups in total. The van der Waals surface area contributed by atoms with Crippen LogP contribution in [0.2, 0.25) is 0 Å². The highest BCUT2D eigenvalue weighted by atomic mass is 127. The molecule has 1 aliphatic heterocycles. The molecule has 0 aliphatic carbocycles. The zero-order chi connectivity index (χ0) is 18.4. The van der Waals surface area contributed by atoms with E-state index in [2.05, 4.69) is 50.2 Å². The van der Waals surface area contributed by atoms with Gasteiger partial charge in [0.05, 0.1) is 25.0 Å². The van der Waals surface area contributed by atoms with Crippen LogP contribution in [-0.2, 0) is 6.54 Å². The molecule has 2 heterocycles. The van der Waals surface area contributed by atoms with Crippen molar-refractivity contribution in [2.24, 2.45) is 4.99 Å². The predicted octanol–water partition coefficient (Wildman–Crippen LogP) is 2.91. The molecule has 2 aromatic rings. The van der Waals surface area contributed by atoms with E-state index >= 15 is 0 Å². The van der Waals surface area contributed by atoms with Gasteiger partial charge in [-0.2, -0.15) is 0 Å². The van der Waals surface area contributed by atoms with Crippen molar-refractivity contribution in [3.8, 4) is 5.75 Å². The van der Waals surface area contributed by atoms with Crippen molar-refractivity contribution in [3.63, 3.8) is 0 Å². The van der Waals surface area contributed by atoms with Gasteiger partial charge < -0.3 is 19.9 Å². The zero-order valence-electron chi connectivity index (χ0n) is 16.2. The minimum Gasteiger partial charge on any atom is -0.495 e. The van der Waals surface area contributed by atoms with Crippen LogP contribution in [0.5, 0.6) is 5.75 Å². The van der Waals surface area contributed by atoms with E-state index in [1.165, 1.54) is 5.56 Å². The predicted molar refractivity (Wildman–Crippen MR) is 121 cm³/mol. The fraction of sp³-hybridized carbons (Fsp3) is 0.400. The smallest absolute Gasteiger partial charge is 0.194 e. The molecule has 0 atom stereocenters. The second-order valence-corrected chi connectivity index (χ2v) is 6.31. The summed E-state index contributed by atoms with van der Waals surface area (Å²) in [7, 11) is 3.56. The van der Waals surface area contributed by atoms with E-state index in [1.54, 1.807) is 7.11 Å². The van der Waals surface area contributed by atoms with Crippen LogP contribution in [0.15, 0.2) is 47.6 Å². The first kappa shape index (κ1) is 21.3. The molecular formula is C20H28IN5O. The second-order valence-electron chi connectivity index (χ2n) is 6.31. The molecule has 0 unspecified atom stereocenters. The number of benzene rings is 1. The number of guanidine groups is 1. The van der Waals surface area contributed by atoms with Gasteiger partial charge in [-0.3, -0.25) is 9.98 Å². The van der Waals surface area contributed by atoms with E-state index in [9.17, 15) is 0 Å². The summed E-state index contributed by atoms with van der Waals surface area (Å²) in [5.74, 6) is 1.85. The molecule has 1 aromatic heterocycles. The zero-order valence-corrected chi connectivity index (χ0v) is 18.5. The molecular weight excluding hydrogens is 453 g/mol. The molecule has 0 amide bonds. The molecule has 0 radical (unpaired) electrons. The van der Waals surface area contributed by atoms with E-state index in [0.717, 1.165) is 49.3 Å². The number of nitrogens with one attached hydrogen (secondary N) is 1. The first-order chi connectivity index (χ1) is 12.7. The van der Waals surface area contributed by atoms with Crippen LogP contribution in [0.3, 0.4) is 0 Å². The van der Waals surface area contributed by atoms with Crippen LogP contribution >= 0.6 is 24.0 Å². The number of piperazine rings is 1. The highest BCUT2D eigenvalue weighted by Crippen LogP contribution is 2.28. The molecule has 1 saturated heterocycles. The van der Waals surface area contributed by atoms with Crippen LogP contribution in [0.1, 0.15) is 11.3 Å². The standard InChI is InChI=1S/C20H27N5O.HI/c1-16-7-6-10-22-17(16)15-23-20(21-2)25-13-11-24(12-14-25)18-8-4-5-9-19(18)26-3;/h4-10H,11-15H2,1-3H3,(H,21,23);1H. The third kappa shape index (κ3) is 5.24. The average Bonchev–Trinajstić information content (AvgIpc) is 2.70. The van der Waals surface area contributed by atoms with E-state index in [-0.39, 0.29) is 24.0 Å². The van der Waals surface area contributed by atoms with Crippen molar-refractivity contribution in [2.75, 3.05) is 45.2 Å². The number of para-hydroxylation sites is 2. The molecule has 1 aliphatic rings. The summed E-state index contributed by atoms with van der Waals surface area (Å²) in [5, 5.41) is 3.44. The number of methoxy groups -OCH3 is 1. The van der Waals surface area contributed by atoms with Gasteiger partial charge in [-0.05, 0) is 30.7 Å². The molecule has 0 spiro atoms. The Morgan fingerprint density at radius 3 is 2.56 bits per heavy atom. The summed E-state index contributed by atoms with van der Waals surface area (Å²) in [5.41, 5.74) is 3.40. The fourth-order valence-corrected chi connectivity index (χ4v) is 3.25. The van der Waals surface area contributed by atoms with Crippen molar-refractivity contribution in [1.82, 2.24) is 15.2 Å². The van der Waals surface area contributed by atoms with Gasteiger partial charge in [0.25, 0.3) is 0 Å². The van der Waals surface area contributed by atoms with Crippen molar-refractivity contribution in [3.05, 3.63) is 53.9 Å². The summed E-state index contributed by atoms with van der Waals surface area (Å²) in [6.45, 7) is 6.47. The van der Waals surface area contributed by atoms with Gasteiger partial charge in [-0.15, -0.1) is 24.0 Å². The minimum absolute atomic E-state index is 0. The topological polar surface area (TPSA) is 53.0 Å². The Balaban J connectivity index is 0.00000261. The van der Waals surface area contributed by atoms with Crippen LogP contribution in [0.25, 0.3) is 0 Å². The number of aryl methyl sites for hydroxylation is 1. The SMILES string of the molecule is CN=C(NCc1ncccc1C)N1CCN(c2ccccc2OC)CC1.I. The Bertz CT molecular complexity index is 760. The van der Waals surface area contributed by atoms with Crippen molar-refractivity contribution in [2.45, 2.75) is 13.5 Å². The van der Waals surface area contributed by atoms with Crippen LogP contribution in [0.4, 0.5) is 5.69 Å². The quantitative estimate of drug-likeness (QED) is 0.414. The summed E-state index contributed by atoms with van der Waals surface area (Å²) in [6.07, 6.45) is 1.83. The first-order valence-corrected chi connectivity index (χ1v) is 8.97. The molecule has 1 aromatic carbocycles. The molecule has 3 rings (SSSR count). The lowest BCUT2D eigenvalue weighted by atomic mass is 10.2. The maximum absolute atomic E-state index is 5.49. The Kier molecular flexibility index (Phi) is 8.15. The maximum Gasteiger partial charge on any atom is 0.194 e. The van der Waals surface area contributed by atoms with Crippen molar-refractivity contribution >= 4 is 35.6 Å². The number of hydrogen-bond acceptors (Lipinski definition) is 4. The minimum atomic E-state index is 0. The fourth-order valence-electron chi connectivity index (χ4n) is 3.25. The van der Waals surface area contributed by atoms with Gasteiger partial charge in [0.1, 0.15) is 5.75 Å². The largest absolute Gasteiger partial charge is 0.495 e. The number of aromatic nitrogens is 1. The summed E-state index contributed by atoms with van der Waals surface area (Å²) in [4.78, 5) is 13.6. The van der Waals surface area contributed by atoms with Crippen LogP contribution < -0.4 is 15.0 Å². The third-order valence-electron chi connectivity index (χ3n) is 4.75. The number of ether oxygens (including phenoxy) is 1. The highest BCUT2D eigenvalue weighted by Gasteiger charge is 2.21. The molecule has 6 nitrogen and oxygen atoms in total. The number of aliphatic imine (C=N–C) groups is 1. The number of pyridine rings is 1. The van der Waals surface area contributed by atoms with E-state index in [1.807, 2.05) is 31.4 Å². The van der Waals surface area contributed by atoms with Crippen LogP contribution in [-0.4, -0.2) is 56.2 Å². The number of hydrogen-bond donors (Lipinski definition) is 1. The van der Waals surface area contributed by atoms with Gasteiger partial charge in [-0.1, -0.05) is 18.2 Å². The number of halogens is 1. The first-order valence-electron chi connectivity index (χ1n) is 8.97. The van der Waals surface area contributed by atoms with Gasteiger partial charge in [0.15, 0.2) is 5.96 Å². The van der Waals surface area contributed by atoms with Gasteiger partial charge in [0.2, 0.25) is 0 Å². The Morgan fingerprint density at radius 1 is 1.15 bits per heavy atom. The monoisotopic (exact) mass is 481 g/mol. The molecule has 7 heteroatoms. The van der Waals surface area contributed by atoms with E-state index < -0.39 is 0 Å². The van der Waals surface area contributed by atoms with Gasteiger partial charge >= 0.3 is 0 Å². The van der Waals surface area contributed by atoms with Crippen molar-refractivity contribution < 1.29 is 4.74 Å². The van der Waals surface area contributed by atoms with Crippen LogP contribution in [0, 0.1) is 6.92 Å². The number of nitrogens with zero attached hydrogens (tertiary/aromatic N) is 4. The molecule has 1 fully saturated rings. The summed E-state index contributed by atoms with van der Waals surface area (Å²) in [6, 6.07) is 12.2. The normalized spacial score (nSPS) is 14.6. The van der Waals surface area contributed by atoms with Crippen molar-refractivity contribution in [1.29, 1.82) is 0 Å². The lowest BCUT2D eigenvalue weighted by Gasteiger charge is -2.38. The molecule has 0 bridgehead atoms. The van der Waals surface area contributed by atoms with Gasteiger partial charge in [-0.25, -0.2) is 0 Å². The maximum atomic E-state index is 5.49. The lowest BCUT2D eigenvalue weighted by Crippen LogP contribution is -2.52. The Labute approximate surface area is 178 Å². The lowest BCUT2D eigenvalue weighted by molar-refractivity contribution is 0.367. The third-order valence-corrected chi connectivity index (χ3v) is 4.75. The average molecular weight is 481 g/mol. The Hall–Kier alpha value is -2.03.